The molecule has 2 aromatic heterocycles. The monoisotopic (exact) mass is 307 g/mol. The molecule has 0 saturated carbocycles. The fourth-order valence-corrected chi connectivity index (χ4v) is 3.27. The van der Waals surface area contributed by atoms with Crippen molar-refractivity contribution >= 4 is 22.9 Å². The van der Waals surface area contributed by atoms with Gasteiger partial charge in [0.25, 0.3) is 0 Å². The lowest BCUT2D eigenvalue weighted by Gasteiger charge is -2.10. The molecule has 3 N–H and O–H groups in total. The van der Waals surface area contributed by atoms with Crippen LogP contribution in [0.1, 0.15) is 22.9 Å². The number of aromatic nitrogens is 4. The molecule has 6 heteroatoms. The Balaban J connectivity index is 1.82. The summed E-state index contributed by atoms with van der Waals surface area (Å²) in [7, 11) is 0. The molecule has 0 fully saturated rings. The van der Waals surface area contributed by atoms with Crippen molar-refractivity contribution in [2.75, 3.05) is 12.3 Å². The van der Waals surface area contributed by atoms with Gasteiger partial charge in [-0.15, -0.1) is 0 Å². The largest absolute Gasteiger partial charge is 0.392 e. The molecule has 3 aromatic rings. The molecule has 0 aliphatic heterocycles. The topological polar surface area (TPSA) is 89.8 Å². The molecule has 0 unspecified atom stereocenters. The van der Waals surface area contributed by atoms with Crippen LogP contribution in [-0.2, 0) is 12.8 Å². The Morgan fingerprint density at radius 2 is 1.96 bits per heavy atom. The van der Waals surface area contributed by atoms with Crippen molar-refractivity contribution in [3.05, 3.63) is 53.5 Å². The summed E-state index contributed by atoms with van der Waals surface area (Å²) < 4.78 is 1.95. The summed E-state index contributed by atoms with van der Waals surface area (Å²) >= 11 is 0. The van der Waals surface area contributed by atoms with E-state index in [0.717, 1.165) is 23.9 Å². The molecule has 0 atom stereocenters. The minimum absolute atomic E-state index is 0.0448. The predicted molar refractivity (Wildman–Crippen MR) is 88.7 cm³/mol. The van der Waals surface area contributed by atoms with Crippen LogP contribution in [0.4, 0.5) is 5.82 Å². The van der Waals surface area contributed by atoms with Crippen molar-refractivity contribution in [1.29, 1.82) is 0 Å². The third-order valence-electron chi connectivity index (χ3n) is 4.30. The molecule has 1 aliphatic carbocycles. The third-order valence-corrected chi connectivity index (χ3v) is 4.30. The maximum Gasteiger partial charge on any atom is 0.164 e. The highest BCUT2D eigenvalue weighted by Crippen LogP contribution is 2.33. The molecular weight excluding hydrogens is 290 g/mol. The van der Waals surface area contributed by atoms with E-state index < -0.39 is 0 Å². The Morgan fingerprint density at radius 3 is 2.65 bits per heavy atom. The van der Waals surface area contributed by atoms with Crippen LogP contribution in [0.2, 0.25) is 0 Å². The Bertz CT molecular complexity index is 874. The van der Waals surface area contributed by atoms with E-state index in [1.165, 1.54) is 17.5 Å². The summed E-state index contributed by atoms with van der Waals surface area (Å²) in [6, 6.07) is 8.68. The van der Waals surface area contributed by atoms with Crippen molar-refractivity contribution in [2.24, 2.45) is 0 Å². The van der Waals surface area contributed by atoms with E-state index in [-0.39, 0.29) is 12.6 Å². The zero-order valence-corrected chi connectivity index (χ0v) is 12.6. The van der Waals surface area contributed by atoms with Gasteiger partial charge in [-0.3, -0.25) is 0 Å². The number of nitrogens with two attached hydrogens (primary N) is 1. The van der Waals surface area contributed by atoms with Gasteiger partial charge in [0.1, 0.15) is 12.1 Å². The first kappa shape index (κ1) is 13.9. The van der Waals surface area contributed by atoms with Crippen molar-refractivity contribution in [3.63, 3.8) is 0 Å². The average molecular weight is 307 g/mol. The zero-order chi connectivity index (χ0) is 15.8. The van der Waals surface area contributed by atoms with E-state index >= 15 is 0 Å². The van der Waals surface area contributed by atoms with E-state index in [1.807, 2.05) is 4.68 Å². The second-order valence-corrected chi connectivity index (χ2v) is 5.70. The van der Waals surface area contributed by atoms with Crippen LogP contribution in [0.5, 0.6) is 0 Å². The number of nitrogen functional groups attached to an aromatic ring is 1. The van der Waals surface area contributed by atoms with Crippen LogP contribution in [0, 0.1) is 0 Å². The average Bonchev–Trinajstić information content (AvgIpc) is 3.14. The molecule has 0 spiro atoms. The number of hydrogen-bond donors (Lipinski definition) is 2. The molecule has 6 nitrogen and oxygen atoms in total. The summed E-state index contributed by atoms with van der Waals surface area (Å²) in [6.45, 7) is -0.0448. The fraction of sp³-hybridized carbons (Fsp3) is 0.235. The van der Waals surface area contributed by atoms with Gasteiger partial charge in [-0.25, -0.2) is 14.6 Å². The first-order valence-electron chi connectivity index (χ1n) is 7.61. The summed E-state index contributed by atoms with van der Waals surface area (Å²) in [5.41, 5.74) is 10.2. The summed E-state index contributed by atoms with van der Waals surface area (Å²) in [4.78, 5) is 8.46. The molecule has 23 heavy (non-hydrogen) atoms. The highest BCUT2D eigenvalue weighted by Gasteiger charge is 2.26. The van der Waals surface area contributed by atoms with Gasteiger partial charge in [0.15, 0.2) is 5.65 Å². The van der Waals surface area contributed by atoms with Crippen LogP contribution in [0.15, 0.2) is 36.7 Å². The maximum atomic E-state index is 9.02. The summed E-state index contributed by atoms with van der Waals surface area (Å²) in [6.07, 6.45) is 6.74. The number of aliphatic hydroxyl groups is 1. The quantitative estimate of drug-likeness (QED) is 0.769. The smallest absolute Gasteiger partial charge is 0.164 e. The van der Waals surface area contributed by atoms with Crippen LogP contribution >= 0.6 is 0 Å². The summed E-state index contributed by atoms with van der Waals surface area (Å²) in [5.74, 6) is 0.411. The van der Waals surface area contributed by atoms with Crippen LogP contribution < -0.4 is 5.73 Å². The second-order valence-electron chi connectivity index (χ2n) is 5.70. The number of benzene rings is 1. The Hall–Kier alpha value is -2.73. The van der Waals surface area contributed by atoms with Gasteiger partial charge in [0.2, 0.25) is 0 Å². The molecule has 0 bridgehead atoms. The molecule has 0 amide bonds. The van der Waals surface area contributed by atoms with Crippen molar-refractivity contribution < 1.29 is 5.11 Å². The van der Waals surface area contributed by atoms with Crippen molar-refractivity contribution in [1.82, 2.24) is 19.7 Å². The molecular formula is C17H17N5O. The van der Waals surface area contributed by atoms with E-state index in [4.69, 9.17) is 10.8 Å². The van der Waals surface area contributed by atoms with Crippen LogP contribution in [0.3, 0.4) is 0 Å². The molecule has 0 saturated heterocycles. The SMILES string of the molecule is Nc1ncnc2c1c(/C=C/CO)nn2C1Cc2ccccc2C1. The maximum absolute atomic E-state index is 9.02. The predicted octanol–water partition coefficient (Wildman–Crippen LogP) is 1.75. The normalized spacial score (nSPS) is 14.8. The lowest BCUT2D eigenvalue weighted by Crippen LogP contribution is -2.11. The molecule has 4 rings (SSSR count). The first-order chi connectivity index (χ1) is 11.3. The standard InChI is InChI=1S/C17H17N5O/c18-16-15-14(6-3-7-23)21-22(17(15)20-10-19-16)13-8-11-4-1-2-5-12(11)9-13/h1-6,10,13,23H,7-9H2,(H2,18,19,20)/b6-3+. The summed E-state index contributed by atoms with van der Waals surface area (Å²) in [5, 5.41) is 14.5. The van der Waals surface area contributed by atoms with Gasteiger partial charge < -0.3 is 10.8 Å². The number of fused-ring (bicyclic) bond motifs is 2. The fourth-order valence-electron chi connectivity index (χ4n) is 3.27. The minimum atomic E-state index is -0.0448. The lowest BCUT2D eigenvalue weighted by atomic mass is 10.1. The number of rotatable bonds is 3. The van der Waals surface area contributed by atoms with Crippen molar-refractivity contribution in [2.45, 2.75) is 18.9 Å². The van der Waals surface area contributed by atoms with Gasteiger partial charge in [0, 0.05) is 0 Å². The highest BCUT2D eigenvalue weighted by molar-refractivity contribution is 5.92. The Morgan fingerprint density at radius 1 is 1.22 bits per heavy atom. The third kappa shape index (κ3) is 2.27. The van der Waals surface area contributed by atoms with Gasteiger partial charge in [0.05, 0.1) is 23.7 Å². The van der Waals surface area contributed by atoms with Crippen LogP contribution in [-0.4, -0.2) is 31.5 Å². The van der Waals surface area contributed by atoms with E-state index in [1.54, 1.807) is 12.2 Å². The van der Waals surface area contributed by atoms with Gasteiger partial charge in [-0.05, 0) is 30.0 Å². The molecule has 116 valence electrons. The van der Waals surface area contributed by atoms with Gasteiger partial charge in [-0.1, -0.05) is 30.3 Å². The molecule has 1 aliphatic rings. The van der Waals surface area contributed by atoms with Gasteiger partial charge in [-0.2, -0.15) is 5.10 Å². The highest BCUT2D eigenvalue weighted by atomic mass is 16.2. The Kier molecular flexibility index (Phi) is 3.31. The lowest BCUT2D eigenvalue weighted by molar-refractivity contribution is 0.343. The molecule has 2 heterocycles. The van der Waals surface area contributed by atoms with E-state index in [0.29, 0.717) is 11.5 Å². The number of nitrogens with zero attached hydrogens (tertiary/aromatic N) is 4. The molecule has 0 radical (unpaired) electrons. The van der Waals surface area contributed by atoms with Crippen molar-refractivity contribution in [3.8, 4) is 0 Å². The zero-order valence-electron chi connectivity index (χ0n) is 12.6. The minimum Gasteiger partial charge on any atom is -0.392 e. The molecule has 1 aromatic carbocycles. The number of aliphatic hydroxyl groups excluding tert-OH is 1. The van der Waals surface area contributed by atoms with E-state index in [2.05, 4.69) is 39.3 Å². The Labute approximate surface area is 133 Å². The number of anilines is 1. The number of hydrogen-bond acceptors (Lipinski definition) is 5. The van der Waals surface area contributed by atoms with Gasteiger partial charge >= 0.3 is 0 Å². The second kappa shape index (κ2) is 5.48. The first-order valence-corrected chi connectivity index (χ1v) is 7.61. The van der Waals surface area contributed by atoms with E-state index in [9.17, 15) is 0 Å². The van der Waals surface area contributed by atoms with Crippen LogP contribution in [0.25, 0.3) is 17.1 Å².